The number of rotatable bonds is 4. The molecule has 1 aromatic rings. The first-order valence-corrected chi connectivity index (χ1v) is 11.4. The molecule has 0 spiro atoms. The smallest absolute Gasteiger partial charge is 0.338 e. The first kappa shape index (κ1) is 21.0. The highest BCUT2D eigenvalue weighted by Gasteiger charge is 2.43. The van der Waals surface area contributed by atoms with Gasteiger partial charge in [-0.2, -0.15) is 0 Å². The monoisotopic (exact) mass is 446 g/mol. The molecule has 1 saturated heterocycles. The van der Waals surface area contributed by atoms with E-state index < -0.39 is 33.9 Å². The maximum Gasteiger partial charge on any atom is 0.338 e. The molecule has 0 saturated carbocycles. The summed E-state index contributed by atoms with van der Waals surface area (Å²) in [5, 5.41) is 3.34. The van der Waals surface area contributed by atoms with Gasteiger partial charge in [0.1, 0.15) is 0 Å². The lowest BCUT2D eigenvalue weighted by Gasteiger charge is -2.38. The zero-order valence-electron chi connectivity index (χ0n) is 15.4. The minimum absolute atomic E-state index is 0.00321. The summed E-state index contributed by atoms with van der Waals surface area (Å²) < 4.78 is 29.0. The molecule has 0 unspecified atom stereocenters. The summed E-state index contributed by atoms with van der Waals surface area (Å²) in [5.74, 6) is -0.763. The van der Waals surface area contributed by atoms with Gasteiger partial charge < -0.3 is 10.1 Å². The quantitative estimate of drug-likeness (QED) is 0.717. The van der Waals surface area contributed by atoms with E-state index in [-0.39, 0.29) is 23.7 Å². The third-order valence-corrected chi connectivity index (χ3v) is 7.29. The maximum atomic E-state index is 12.9. The number of hydrogen-bond acceptors (Lipinski definition) is 5. The molecule has 1 fully saturated rings. The van der Waals surface area contributed by atoms with E-state index in [9.17, 15) is 18.0 Å². The number of amides is 2. The molecule has 152 valence electrons. The number of halogens is 2. The number of allylic oxidation sites excluding steroid dienone is 1. The van der Waals surface area contributed by atoms with Crippen molar-refractivity contribution in [1.29, 1.82) is 0 Å². The third-order valence-electron chi connectivity index (χ3n) is 4.88. The molecule has 2 atom stereocenters. The molecule has 1 aromatic carbocycles. The number of sulfone groups is 1. The van der Waals surface area contributed by atoms with Crippen LogP contribution in [0.5, 0.6) is 0 Å². The highest BCUT2D eigenvalue weighted by molar-refractivity contribution is 7.91. The van der Waals surface area contributed by atoms with Crippen LogP contribution in [-0.4, -0.2) is 49.5 Å². The molecule has 28 heavy (non-hydrogen) atoms. The van der Waals surface area contributed by atoms with Crippen LogP contribution in [0.2, 0.25) is 10.0 Å². The Morgan fingerprint density at radius 1 is 1.32 bits per heavy atom. The summed E-state index contributed by atoms with van der Waals surface area (Å²) in [6, 6.07) is 2.94. The zero-order valence-corrected chi connectivity index (χ0v) is 17.7. The summed E-state index contributed by atoms with van der Waals surface area (Å²) in [5.41, 5.74) is 0.909. The SMILES string of the molecule is CCOC(=O)C1=C(C)N([C@H]2CCS(=O)(=O)C2)C(=O)N[C@H]1c1c(Cl)cccc1Cl. The van der Waals surface area contributed by atoms with Crippen LogP contribution in [0, 0.1) is 0 Å². The lowest BCUT2D eigenvalue weighted by Crippen LogP contribution is -2.52. The summed E-state index contributed by atoms with van der Waals surface area (Å²) in [6.07, 6.45) is 0.306. The fourth-order valence-corrected chi connectivity index (χ4v) is 5.97. The fourth-order valence-electron chi connectivity index (χ4n) is 3.65. The standard InChI is InChI=1S/C18H20Cl2N2O5S/c1-3-27-17(23)14-10(2)22(11-7-8-28(25,26)9-11)18(24)21-16(14)15-12(19)5-4-6-13(15)20/h4-6,11,16H,3,7-9H2,1-2H3,(H,21,24)/t11-,16+/m0/s1. The summed E-state index contributed by atoms with van der Waals surface area (Å²) in [6.45, 7) is 3.42. The van der Waals surface area contributed by atoms with Crippen LogP contribution in [-0.2, 0) is 19.4 Å². The van der Waals surface area contributed by atoms with Gasteiger partial charge in [0, 0.05) is 21.3 Å². The average molecular weight is 447 g/mol. The lowest BCUT2D eigenvalue weighted by molar-refractivity contribution is -0.139. The van der Waals surface area contributed by atoms with Crippen LogP contribution in [0.4, 0.5) is 4.79 Å². The van der Waals surface area contributed by atoms with Gasteiger partial charge in [0.05, 0.1) is 35.8 Å². The van der Waals surface area contributed by atoms with Gasteiger partial charge in [-0.1, -0.05) is 29.3 Å². The predicted molar refractivity (Wildman–Crippen MR) is 106 cm³/mol. The highest BCUT2D eigenvalue weighted by atomic mass is 35.5. The van der Waals surface area contributed by atoms with Crippen LogP contribution in [0.1, 0.15) is 31.9 Å². The van der Waals surface area contributed by atoms with Crippen molar-refractivity contribution in [2.24, 2.45) is 0 Å². The van der Waals surface area contributed by atoms with E-state index in [1.165, 1.54) is 4.90 Å². The van der Waals surface area contributed by atoms with Crippen LogP contribution in [0.25, 0.3) is 0 Å². The molecule has 10 heteroatoms. The van der Waals surface area contributed by atoms with Gasteiger partial charge in [0.15, 0.2) is 9.84 Å². The average Bonchev–Trinajstić information content (AvgIpc) is 2.94. The molecule has 2 aliphatic rings. The molecule has 2 aliphatic heterocycles. The highest BCUT2D eigenvalue weighted by Crippen LogP contribution is 2.39. The molecule has 3 rings (SSSR count). The Morgan fingerprint density at radius 3 is 2.50 bits per heavy atom. The molecular weight excluding hydrogens is 427 g/mol. The maximum absolute atomic E-state index is 12.9. The van der Waals surface area contributed by atoms with Crippen molar-refractivity contribution < 1.29 is 22.7 Å². The molecule has 2 amide bonds. The molecule has 2 heterocycles. The summed E-state index contributed by atoms with van der Waals surface area (Å²) in [7, 11) is -3.22. The largest absolute Gasteiger partial charge is 0.463 e. The van der Waals surface area contributed by atoms with Crippen LogP contribution >= 0.6 is 23.2 Å². The van der Waals surface area contributed by atoms with E-state index in [1.807, 2.05) is 0 Å². The van der Waals surface area contributed by atoms with Crippen molar-refractivity contribution >= 4 is 45.0 Å². The number of esters is 1. The van der Waals surface area contributed by atoms with Crippen LogP contribution in [0.3, 0.4) is 0 Å². The second-order valence-electron chi connectivity index (χ2n) is 6.66. The van der Waals surface area contributed by atoms with E-state index >= 15 is 0 Å². The van der Waals surface area contributed by atoms with E-state index in [1.54, 1.807) is 32.0 Å². The Morgan fingerprint density at radius 2 is 1.96 bits per heavy atom. The number of nitrogens with zero attached hydrogens (tertiary/aromatic N) is 1. The summed E-state index contributed by atoms with van der Waals surface area (Å²) >= 11 is 12.6. The topological polar surface area (TPSA) is 92.8 Å². The first-order chi connectivity index (χ1) is 13.2. The van der Waals surface area contributed by atoms with Crippen molar-refractivity contribution in [3.8, 4) is 0 Å². The molecule has 0 radical (unpaired) electrons. The Kier molecular flexibility index (Phi) is 5.93. The van der Waals surface area contributed by atoms with Crippen LogP contribution in [0.15, 0.2) is 29.5 Å². The normalized spacial score (nSPS) is 24.3. The number of carbonyl (C=O) groups is 2. The predicted octanol–water partition coefficient (Wildman–Crippen LogP) is 3.08. The fraction of sp³-hybridized carbons (Fsp3) is 0.444. The Hall–Kier alpha value is -1.77. The first-order valence-electron chi connectivity index (χ1n) is 8.78. The van der Waals surface area contributed by atoms with Gasteiger partial charge in [0.25, 0.3) is 0 Å². The number of nitrogens with one attached hydrogen (secondary N) is 1. The van der Waals surface area contributed by atoms with E-state index in [0.29, 0.717) is 27.7 Å². The molecule has 0 aliphatic carbocycles. The lowest BCUT2D eigenvalue weighted by atomic mass is 9.94. The van der Waals surface area contributed by atoms with Crippen LogP contribution < -0.4 is 5.32 Å². The van der Waals surface area contributed by atoms with Crippen molar-refractivity contribution in [3.63, 3.8) is 0 Å². The van der Waals surface area contributed by atoms with Gasteiger partial charge in [0.2, 0.25) is 0 Å². The number of benzene rings is 1. The van der Waals surface area contributed by atoms with Gasteiger partial charge in [-0.15, -0.1) is 0 Å². The zero-order chi connectivity index (χ0) is 20.6. The number of urea groups is 1. The number of carbonyl (C=O) groups excluding carboxylic acids is 2. The second-order valence-corrected chi connectivity index (χ2v) is 9.71. The van der Waals surface area contributed by atoms with E-state index in [0.717, 1.165) is 0 Å². The van der Waals surface area contributed by atoms with Gasteiger partial charge >= 0.3 is 12.0 Å². The molecular formula is C18H20Cl2N2O5S. The van der Waals surface area contributed by atoms with Gasteiger partial charge in [-0.05, 0) is 32.4 Å². The van der Waals surface area contributed by atoms with Crippen molar-refractivity contribution in [3.05, 3.63) is 45.1 Å². The number of hydrogen-bond donors (Lipinski definition) is 1. The molecule has 7 nitrogen and oxygen atoms in total. The second kappa shape index (κ2) is 7.93. The Balaban J connectivity index is 2.12. The Labute approximate surface area is 173 Å². The summed E-state index contributed by atoms with van der Waals surface area (Å²) in [4.78, 5) is 27.0. The van der Waals surface area contributed by atoms with E-state index in [2.05, 4.69) is 5.32 Å². The minimum atomic E-state index is -3.22. The molecule has 0 aromatic heterocycles. The third kappa shape index (κ3) is 3.86. The van der Waals surface area contributed by atoms with Gasteiger partial charge in [-0.3, -0.25) is 4.90 Å². The minimum Gasteiger partial charge on any atom is -0.463 e. The molecule has 1 N–H and O–H groups in total. The molecule has 0 bridgehead atoms. The van der Waals surface area contributed by atoms with Gasteiger partial charge in [-0.25, -0.2) is 18.0 Å². The van der Waals surface area contributed by atoms with E-state index in [4.69, 9.17) is 27.9 Å². The number of ether oxygens (including phenoxy) is 1. The van der Waals surface area contributed by atoms with Crippen molar-refractivity contribution in [1.82, 2.24) is 10.2 Å². The van der Waals surface area contributed by atoms with Crippen molar-refractivity contribution in [2.75, 3.05) is 18.1 Å². The van der Waals surface area contributed by atoms with Crippen molar-refractivity contribution in [2.45, 2.75) is 32.4 Å². The Bertz CT molecular complexity index is 940.